The number of nitrogens with zero attached hydrogens (tertiary/aromatic N) is 2. The standard InChI is InChI=1S/C17H30N2/c1-3-5-7-8-10-13-16(12-9-6-4-2)17-14-11-15-18-19-17/h11,14-16H,3-10,12-13H2,1-2H3. The first kappa shape index (κ1) is 16.1. The minimum Gasteiger partial charge on any atom is -0.159 e. The van der Waals surface area contributed by atoms with Crippen molar-refractivity contribution in [3.05, 3.63) is 24.0 Å². The summed E-state index contributed by atoms with van der Waals surface area (Å²) in [5, 5.41) is 8.36. The second kappa shape index (κ2) is 11.0. The van der Waals surface area contributed by atoms with Gasteiger partial charge in [0.2, 0.25) is 0 Å². The zero-order valence-corrected chi connectivity index (χ0v) is 12.8. The van der Waals surface area contributed by atoms with Crippen LogP contribution in [0.15, 0.2) is 18.3 Å². The summed E-state index contributed by atoms with van der Waals surface area (Å²) >= 11 is 0. The molecule has 2 nitrogen and oxygen atoms in total. The molecule has 0 amide bonds. The van der Waals surface area contributed by atoms with Crippen molar-refractivity contribution in [2.45, 2.75) is 84.0 Å². The molecule has 0 spiro atoms. The summed E-state index contributed by atoms with van der Waals surface area (Å²) in [4.78, 5) is 0. The molecule has 0 saturated heterocycles. The van der Waals surface area contributed by atoms with Crippen LogP contribution in [0.2, 0.25) is 0 Å². The van der Waals surface area contributed by atoms with E-state index in [-0.39, 0.29) is 0 Å². The topological polar surface area (TPSA) is 25.8 Å². The first-order chi connectivity index (χ1) is 9.38. The van der Waals surface area contributed by atoms with Gasteiger partial charge in [0.15, 0.2) is 0 Å². The van der Waals surface area contributed by atoms with Gasteiger partial charge in [0.25, 0.3) is 0 Å². The van der Waals surface area contributed by atoms with Crippen LogP contribution in [0.25, 0.3) is 0 Å². The molecule has 1 aromatic heterocycles. The summed E-state index contributed by atoms with van der Waals surface area (Å²) in [5.74, 6) is 0.627. The fourth-order valence-electron chi connectivity index (χ4n) is 2.61. The smallest absolute Gasteiger partial charge is 0.0661 e. The zero-order valence-electron chi connectivity index (χ0n) is 12.8. The van der Waals surface area contributed by atoms with Crippen molar-refractivity contribution in [3.63, 3.8) is 0 Å². The molecule has 1 atom stereocenters. The van der Waals surface area contributed by atoms with Crippen LogP contribution >= 0.6 is 0 Å². The van der Waals surface area contributed by atoms with Crippen LogP contribution in [0.4, 0.5) is 0 Å². The molecule has 1 heterocycles. The average Bonchev–Trinajstić information content (AvgIpc) is 2.46. The van der Waals surface area contributed by atoms with Gasteiger partial charge in [-0.05, 0) is 25.0 Å². The molecule has 108 valence electrons. The van der Waals surface area contributed by atoms with Crippen molar-refractivity contribution < 1.29 is 0 Å². The lowest BCUT2D eigenvalue weighted by atomic mass is 9.91. The molecule has 0 fully saturated rings. The van der Waals surface area contributed by atoms with E-state index in [2.05, 4.69) is 30.1 Å². The lowest BCUT2D eigenvalue weighted by Gasteiger charge is -2.15. The highest BCUT2D eigenvalue weighted by atomic mass is 15.1. The molecule has 1 rings (SSSR count). The molecule has 19 heavy (non-hydrogen) atoms. The van der Waals surface area contributed by atoms with Crippen LogP contribution in [0, 0.1) is 0 Å². The maximum atomic E-state index is 4.32. The maximum absolute atomic E-state index is 4.32. The number of rotatable bonds is 11. The monoisotopic (exact) mass is 262 g/mol. The van der Waals surface area contributed by atoms with E-state index in [9.17, 15) is 0 Å². The number of hydrogen-bond acceptors (Lipinski definition) is 2. The van der Waals surface area contributed by atoms with Gasteiger partial charge in [0.1, 0.15) is 0 Å². The van der Waals surface area contributed by atoms with E-state index in [1.807, 2.05) is 6.07 Å². The third-order valence-electron chi connectivity index (χ3n) is 3.82. The molecule has 0 aliphatic heterocycles. The third kappa shape index (κ3) is 7.29. The Morgan fingerprint density at radius 2 is 1.53 bits per heavy atom. The van der Waals surface area contributed by atoms with E-state index < -0.39 is 0 Å². The Morgan fingerprint density at radius 3 is 2.16 bits per heavy atom. The Bertz CT molecular complexity index is 297. The first-order valence-corrected chi connectivity index (χ1v) is 8.16. The van der Waals surface area contributed by atoms with Crippen LogP contribution in [0.5, 0.6) is 0 Å². The fourth-order valence-corrected chi connectivity index (χ4v) is 2.61. The lowest BCUT2D eigenvalue weighted by molar-refractivity contribution is 0.486. The Labute approximate surface area is 119 Å². The molecule has 0 bridgehead atoms. The summed E-state index contributed by atoms with van der Waals surface area (Å²) in [6.07, 6.45) is 15.1. The Morgan fingerprint density at radius 1 is 0.895 bits per heavy atom. The van der Waals surface area contributed by atoms with Crippen LogP contribution in [0.1, 0.15) is 89.7 Å². The van der Waals surface area contributed by atoms with E-state index in [0.29, 0.717) is 5.92 Å². The van der Waals surface area contributed by atoms with E-state index in [4.69, 9.17) is 0 Å². The molecule has 0 aliphatic rings. The Kier molecular flexibility index (Phi) is 9.30. The van der Waals surface area contributed by atoms with E-state index >= 15 is 0 Å². The highest BCUT2D eigenvalue weighted by molar-refractivity contribution is 5.06. The van der Waals surface area contributed by atoms with Crippen LogP contribution in [-0.4, -0.2) is 10.2 Å². The van der Waals surface area contributed by atoms with Crippen molar-refractivity contribution in [2.75, 3.05) is 0 Å². The van der Waals surface area contributed by atoms with Gasteiger partial charge in [0.05, 0.1) is 5.69 Å². The predicted octanol–water partition coefficient (Wildman–Crippen LogP) is 5.50. The molecule has 0 N–H and O–H groups in total. The zero-order chi connectivity index (χ0) is 13.8. The molecule has 0 aromatic carbocycles. The van der Waals surface area contributed by atoms with Gasteiger partial charge in [-0.3, -0.25) is 0 Å². The molecule has 2 heteroatoms. The maximum Gasteiger partial charge on any atom is 0.0661 e. The summed E-state index contributed by atoms with van der Waals surface area (Å²) in [7, 11) is 0. The van der Waals surface area contributed by atoms with Crippen LogP contribution in [-0.2, 0) is 0 Å². The number of hydrogen-bond donors (Lipinski definition) is 0. The van der Waals surface area contributed by atoms with Gasteiger partial charge in [-0.15, -0.1) is 0 Å². The Hall–Kier alpha value is -0.920. The molecular weight excluding hydrogens is 232 g/mol. The van der Waals surface area contributed by atoms with Crippen molar-refractivity contribution in [1.82, 2.24) is 10.2 Å². The van der Waals surface area contributed by atoms with E-state index in [1.165, 1.54) is 69.9 Å². The summed E-state index contributed by atoms with van der Waals surface area (Å²) in [5.41, 5.74) is 1.20. The fraction of sp³-hybridized carbons (Fsp3) is 0.765. The highest BCUT2D eigenvalue weighted by Crippen LogP contribution is 2.26. The predicted molar refractivity (Wildman–Crippen MR) is 82.3 cm³/mol. The SMILES string of the molecule is CCCCCCCC(CCCCC)c1cccnn1. The minimum atomic E-state index is 0.627. The molecule has 1 aromatic rings. The largest absolute Gasteiger partial charge is 0.159 e. The Balaban J connectivity index is 2.36. The normalized spacial score (nSPS) is 12.5. The summed E-state index contributed by atoms with van der Waals surface area (Å²) < 4.78 is 0. The van der Waals surface area contributed by atoms with E-state index in [1.54, 1.807) is 6.20 Å². The van der Waals surface area contributed by atoms with Crippen molar-refractivity contribution in [3.8, 4) is 0 Å². The molecule has 0 saturated carbocycles. The highest BCUT2D eigenvalue weighted by Gasteiger charge is 2.12. The van der Waals surface area contributed by atoms with Gasteiger partial charge in [0, 0.05) is 12.1 Å². The van der Waals surface area contributed by atoms with Gasteiger partial charge in [-0.1, -0.05) is 65.2 Å². The van der Waals surface area contributed by atoms with Crippen molar-refractivity contribution >= 4 is 0 Å². The summed E-state index contributed by atoms with van der Waals surface area (Å²) in [6.45, 7) is 4.54. The molecular formula is C17H30N2. The van der Waals surface area contributed by atoms with Gasteiger partial charge >= 0.3 is 0 Å². The van der Waals surface area contributed by atoms with Gasteiger partial charge in [-0.2, -0.15) is 10.2 Å². The molecule has 0 radical (unpaired) electrons. The van der Waals surface area contributed by atoms with Gasteiger partial charge < -0.3 is 0 Å². The number of unbranched alkanes of at least 4 members (excludes halogenated alkanes) is 6. The number of aromatic nitrogens is 2. The average molecular weight is 262 g/mol. The van der Waals surface area contributed by atoms with Gasteiger partial charge in [-0.25, -0.2) is 0 Å². The van der Waals surface area contributed by atoms with Crippen molar-refractivity contribution in [1.29, 1.82) is 0 Å². The molecule has 1 unspecified atom stereocenters. The van der Waals surface area contributed by atoms with Crippen LogP contribution < -0.4 is 0 Å². The lowest BCUT2D eigenvalue weighted by Crippen LogP contribution is -2.03. The molecule has 0 aliphatic carbocycles. The summed E-state index contributed by atoms with van der Waals surface area (Å²) in [6, 6.07) is 4.17. The second-order valence-corrected chi connectivity index (χ2v) is 5.54. The quantitative estimate of drug-likeness (QED) is 0.492. The van der Waals surface area contributed by atoms with Crippen molar-refractivity contribution in [2.24, 2.45) is 0 Å². The first-order valence-electron chi connectivity index (χ1n) is 8.16. The van der Waals surface area contributed by atoms with Crippen LogP contribution in [0.3, 0.4) is 0 Å². The second-order valence-electron chi connectivity index (χ2n) is 5.54. The minimum absolute atomic E-state index is 0.627. The third-order valence-corrected chi connectivity index (χ3v) is 3.82. The van der Waals surface area contributed by atoms with E-state index in [0.717, 1.165) is 0 Å².